The molecule has 0 unspecified atom stereocenters. The molecule has 34 heavy (non-hydrogen) atoms. The summed E-state index contributed by atoms with van der Waals surface area (Å²) in [7, 11) is -3.99. The summed E-state index contributed by atoms with van der Waals surface area (Å²) >= 11 is 1.01. The third kappa shape index (κ3) is 3.50. The van der Waals surface area contributed by atoms with Crippen LogP contribution in [0.3, 0.4) is 0 Å². The maximum atomic E-state index is 13.4. The number of hydrogen-bond donors (Lipinski definition) is 1. The second kappa shape index (κ2) is 7.56. The van der Waals surface area contributed by atoms with Gasteiger partial charge in [-0.1, -0.05) is 12.1 Å². The van der Waals surface area contributed by atoms with Crippen LogP contribution in [0.5, 0.6) is 0 Å². The summed E-state index contributed by atoms with van der Waals surface area (Å²) in [6, 6.07) is 11.3. The molecule has 0 atom stereocenters. The van der Waals surface area contributed by atoms with Gasteiger partial charge in [-0.15, -0.1) is 11.3 Å². The van der Waals surface area contributed by atoms with Gasteiger partial charge >= 0.3 is 5.63 Å². The van der Waals surface area contributed by atoms with E-state index in [0.29, 0.717) is 21.4 Å². The smallest absolute Gasteiger partial charge is 0.336 e. The molecule has 0 spiro atoms. The molecule has 2 heterocycles. The third-order valence-corrected chi connectivity index (χ3v) is 9.97. The quantitative estimate of drug-likeness (QED) is 0.381. The number of aromatic nitrogens is 1. The predicted octanol–water partition coefficient (Wildman–Crippen LogP) is 4.90. The van der Waals surface area contributed by atoms with Crippen LogP contribution in [0.15, 0.2) is 73.2 Å². The van der Waals surface area contributed by atoms with Crippen LogP contribution < -0.4 is 5.63 Å². The summed E-state index contributed by atoms with van der Waals surface area (Å²) in [5, 5.41) is 11.9. The number of fused-ring (bicyclic) bond motifs is 1. The minimum atomic E-state index is -3.99. The fourth-order valence-electron chi connectivity index (χ4n) is 4.63. The van der Waals surface area contributed by atoms with Gasteiger partial charge in [0.25, 0.3) is 0 Å². The van der Waals surface area contributed by atoms with Gasteiger partial charge in [-0.2, -0.15) is 0 Å². The Bertz CT molecular complexity index is 1570. The summed E-state index contributed by atoms with van der Waals surface area (Å²) in [5.41, 5.74) is -0.398. The predicted molar refractivity (Wildman–Crippen MR) is 125 cm³/mol. The molecule has 1 N–H and O–H groups in total. The van der Waals surface area contributed by atoms with Gasteiger partial charge in [0.1, 0.15) is 17.0 Å². The highest BCUT2D eigenvalue weighted by molar-refractivity contribution is 7.93. The van der Waals surface area contributed by atoms with Crippen LogP contribution in [-0.2, 0) is 15.4 Å². The molecule has 6 nitrogen and oxygen atoms in total. The molecule has 0 amide bonds. The van der Waals surface area contributed by atoms with Crippen molar-refractivity contribution < 1.29 is 22.3 Å². The van der Waals surface area contributed by atoms with Crippen LogP contribution >= 0.6 is 11.3 Å². The van der Waals surface area contributed by atoms with Crippen molar-refractivity contribution in [2.75, 3.05) is 0 Å². The lowest BCUT2D eigenvalue weighted by Gasteiger charge is -2.26. The number of sulfone groups is 1. The van der Waals surface area contributed by atoms with Crippen molar-refractivity contribution in [2.45, 2.75) is 40.5 Å². The van der Waals surface area contributed by atoms with Crippen LogP contribution in [0.4, 0.5) is 4.39 Å². The molecule has 0 bridgehead atoms. The van der Waals surface area contributed by atoms with Gasteiger partial charge < -0.3 is 9.52 Å². The Morgan fingerprint density at radius 3 is 2.35 bits per heavy atom. The maximum Gasteiger partial charge on any atom is 0.336 e. The summed E-state index contributed by atoms with van der Waals surface area (Å²) in [6.07, 6.45) is 5.24. The number of benzene rings is 2. The van der Waals surface area contributed by atoms with Crippen molar-refractivity contribution in [2.24, 2.45) is 11.8 Å². The lowest BCUT2D eigenvalue weighted by molar-refractivity contribution is -0.00681. The van der Waals surface area contributed by atoms with Crippen LogP contribution in [0.1, 0.15) is 30.6 Å². The molecule has 2 aromatic carbocycles. The second-order valence-corrected chi connectivity index (χ2v) is 12.2. The summed E-state index contributed by atoms with van der Waals surface area (Å²) < 4.78 is 45.3. The average Bonchev–Trinajstić information content (AvgIpc) is 3.75. The van der Waals surface area contributed by atoms with Crippen molar-refractivity contribution in [1.29, 1.82) is 0 Å². The van der Waals surface area contributed by atoms with Crippen LogP contribution in [0, 0.1) is 17.7 Å². The molecule has 0 radical (unpaired) electrons. The highest BCUT2D eigenvalue weighted by Gasteiger charge is 2.55. The summed E-state index contributed by atoms with van der Waals surface area (Å²) in [5.74, 6) is -0.0749. The first-order chi connectivity index (χ1) is 16.3. The van der Waals surface area contributed by atoms with Crippen molar-refractivity contribution in [3.8, 4) is 11.1 Å². The number of aliphatic hydroxyl groups is 1. The van der Waals surface area contributed by atoms with Crippen molar-refractivity contribution >= 4 is 32.1 Å². The fraction of sp³-hybridized carbons (Fsp3) is 0.280. The molecule has 6 rings (SSSR count). The zero-order chi connectivity index (χ0) is 23.7. The minimum absolute atomic E-state index is 0.0540. The van der Waals surface area contributed by atoms with E-state index in [0.717, 1.165) is 37.0 Å². The Labute approximate surface area is 198 Å². The van der Waals surface area contributed by atoms with Crippen molar-refractivity contribution in [3.05, 3.63) is 75.8 Å². The minimum Gasteiger partial charge on any atom is -0.423 e. The Balaban J connectivity index is 1.41. The van der Waals surface area contributed by atoms with E-state index in [1.807, 2.05) is 0 Å². The van der Waals surface area contributed by atoms with E-state index in [2.05, 4.69) is 4.98 Å². The standard InChI is InChI=1S/C25H20FNO5S2/c26-17-7-1-14(2-8-17)20-12-23(28)32-21-11-18(9-10-19(20)21)34(30,31)24-27-13-22(33-24)25(29,15-3-4-15)16-5-6-16/h1-2,7-13,15-16,29H,3-6H2. The van der Waals surface area contributed by atoms with E-state index in [-0.39, 0.29) is 26.7 Å². The molecule has 2 aliphatic carbocycles. The zero-order valence-corrected chi connectivity index (χ0v) is 19.5. The number of thiazole rings is 1. The Kier molecular flexibility index (Phi) is 4.81. The molecule has 0 saturated heterocycles. The Morgan fingerprint density at radius 1 is 1.03 bits per heavy atom. The third-order valence-electron chi connectivity index (χ3n) is 6.69. The molecule has 174 valence electrons. The summed E-state index contributed by atoms with van der Waals surface area (Å²) in [4.78, 5) is 16.9. The lowest BCUT2D eigenvalue weighted by atomic mass is 9.90. The number of hydrogen-bond acceptors (Lipinski definition) is 7. The van der Waals surface area contributed by atoms with E-state index in [1.54, 1.807) is 18.2 Å². The van der Waals surface area contributed by atoms with Gasteiger partial charge in [0.05, 0.1) is 9.77 Å². The van der Waals surface area contributed by atoms with Gasteiger partial charge in [0.15, 0.2) is 0 Å². The first kappa shape index (κ1) is 21.6. The van der Waals surface area contributed by atoms with Crippen molar-refractivity contribution in [1.82, 2.24) is 4.98 Å². The molecule has 0 aliphatic heterocycles. The average molecular weight is 498 g/mol. The SMILES string of the molecule is O=c1cc(-c2ccc(F)cc2)c2ccc(S(=O)(=O)c3ncc(C(O)(C4CC4)C4CC4)s3)cc2o1. The van der Waals surface area contributed by atoms with Gasteiger partial charge in [-0.3, -0.25) is 0 Å². The molecule has 4 aromatic rings. The van der Waals surface area contributed by atoms with E-state index in [9.17, 15) is 22.7 Å². The Hall–Kier alpha value is -2.88. The fourth-order valence-corrected chi connectivity index (χ4v) is 7.42. The van der Waals surface area contributed by atoms with Crippen molar-refractivity contribution in [3.63, 3.8) is 0 Å². The van der Waals surface area contributed by atoms with E-state index >= 15 is 0 Å². The monoisotopic (exact) mass is 497 g/mol. The molecule has 2 aliphatic rings. The summed E-state index contributed by atoms with van der Waals surface area (Å²) in [6.45, 7) is 0. The first-order valence-corrected chi connectivity index (χ1v) is 13.3. The highest BCUT2D eigenvalue weighted by Crippen LogP contribution is 2.58. The highest BCUT2D eigenvalue weighted by atomic mass is 32.2. The van der Waals surface area contributed by atoms with Gasteiger partial charge in [-0.25, -0.2) is 22.6 Å². The van der Waals surface area contributed by atoms with Crippen LogP contribution in [0.25, 0.3) is 22.1 Å². The lowest BCUT2D eigenvalue weighted by Crippen LogP contribution is -2.29. The van der Waals surface area contributed by atoms with E-state index < -0.39 is 26.9 Å². The van der Waals surface area contributed by atoms with Gasteiger partial charge in [0, 0.05) is 23.7 Å². The molecule has 2 saturated carbocycles. The number of halogens is 1. The van der Waals surface area contributed by atoms with Crippen LogP contribution in [0.2, 0.25) is 0 Å². The van der Waals surface area contributed by atoms with E-state index in [4.69, 9.17) is 4.42 Å². The molecule has 2 fully saturated rings. The topological polar surface area (TPSA) is 97.5 Å². The van der Waals surface area contributed by atoms with E-state index in [1.165, 1.54) is 36.5 Å². The second-order valence-electron chi connectivity index (χ2n) is 9.01. The zero-order valence-electron chi connectivity index (χ0n) is 17.9. The largest absolute Gasteiger partial charge is 0.423 e. The van der Waals surface area contributed by atoms with Gasteiger partial charge in [0.2, 0.25) is 14.2 Å². The number of nitrogens with zero attached hydrogens (tertiary/aromatic N) is 1. The normalized spacial score (nSPS) is 16.8. The molecular formula is C25H20FNO5S2. The number of rotatable bonds is 6. The molecular weight excluding hydrogens is 477 g/mol. The molecule has 2 aromatic heterocycles. The van der Waals surface area contributed by atoms with Crippen LogP contribution in [-0.4, -0.2) is 18.5 Å². The Morgan fingerprint density at radius 2 is 1.71 bits per heavy atom. The molecule has 9 heteroatoms. The first-order valence-electron chi connectivity index (χ1n) is 11.0. The maximum absolute atomic E-state index is 13.4. The van der Waals surface area contributed by atoms with Gasteiger partial charge in [-0.05, 0) is 72.9 Å².